The van der Waals surface area contributed by atoms with E-state index in [4.69, 9.17) is 4.52 Å². The van der Waals surface area contributed by atoms with Gasteiger partial charge in [0.25, 0.3) is 5.91 Å². The zero-order valence-corrected chi connectivity index (χ0v) is 18.0. The summed E-state index contributed by atoms with van der Waals surface area (Å²) in [5, 5.41) is 6.71. The third-order valence-corrected chi connectivity index (χ3v) is 5.23. The largest absolute Gasteiger partial charge is 0.416 e. The Labute approximate surface area is 195 Å². The van der Waals surface area contributed by atoms with Crippen LogP contribution in [0, 0.1) is 0 Å². The summed E-state index contributed by atoms with van der Waals surface area (Å²) in [6, 6.07) is 9.30. The molecule has 5 aromatic rings. The van der Waals surface area contributed by atoms with Crippen molar-refractivity contribution < 1.29 is 22.5 Å². The second-order valence-corrected chi connectivity index (χ2v) is 7.65. The Balaban J connectivity index is 1.32. The Morgan fingerprint density at radius 1 is 1.06 bits per heavy atom. The van der Waals surface area contributed by atoms with Gasteiger partial charge in [0.2, 0.25) is 0 Å². The number of halogens is 3. The summed E-state index contributed by atoms with van der Waals surface area (Å²) in [7, 11) is 0. The molecule has 0 saturated carbocycles. The van der Waals surface area contributed by atoms with Crippen molar-refractivity contribution in [3.63, 3.8) is 0 Å². The number of nitrogens with zero attached hydrogens (tertiary/aromatic N) is 5. The van der Waals surface area contributed by atoms with Gasteiger partial charge in [0.15, 0.2) is 11.6 Å². The molecule has 1 aromatic carbocycles. The van der Waals surface area contributed by atoms with Gasteiger partial charge in [0.05, 0.1) is 28.3 Å². The number of alkyl halides is 3. The van der Waals surface area contributed by atoms with Crippen molar-refractivity contribution in [2.24, 2.45) is 0 Å². The molecule has 0 saturated heterocycles. The lowest BCUT2D eigenvalue weighted by Gasteiger charge is -2.10. The van der Waals surface area contributed by atoms with Gasteiger partial charge >= 0.3 is 6.18 Å². The molecular weight excluding hydrogens is 463 g/mol. The zero-order valence-electron chi connectivity index (χ0n) is 18.0. The fraction of sp³-hybridized carbons (Fsp3) is 0.130. The number of hydrogen-bond acceptors (Lipinski definition) is 7. The lowest BCUT2D eigenvalue weighted by Crippen LogP contribution is -2.27. The van der Waals surface area contributed by atoms with Crippen molar-refractivity contribution in [3.05, 3.63) is 78.2 Å². The Kier molecular flexibility index (Phi) is 5.47. The van der Waals surface area contributed by atoms with E-state index in [-0.39, 0.29) is 22.7 Å². The SMILES string of the molecule is CC(NC(=O)c1cc(-c2ccncc2)ncn1)c1cc(-c2nc3ccc(C(F)(F)F)cc3[nH]2)no1. The number of nitrogens with one attached hydrogen (secondary N) is 2. The van der Waals surface area contributed by atoms with Crippen LogP contribution in [-0.2, 0) is 6.18 Å². The number of aromatic amines is 1. The minimum atomic E-state index is -4.46. The van der Waals surface area contributed by atoms with Crippen LogP contribution < -0.4 is 5.32 Å². The summed E-state index contributed by atoms with van der Waals surface area (Å²) in [6.45, 7) is 1.70. The molecular formula is C23H16F3N7O2. The van der Waals surface area contributed by atoms with Crippen molar-refractivity contribution in [3.8, 4) is 22.8 Å². The lowest BCUT2D eigenvalue weighted by atomic mass is 10.1. The van der Waals surface area contributed by atoms with Crippen LogP contribution in [0.1, 0.15) is 34.8 Å². The predicted octanol–water partition coefficient (Wildman–Crippen LogP) is 4.58. The van der Waals surface area contributed by atoms with Crippen molar-refractivity contribution in [2.45, 2.75) is 19.1 Å². The van der Waals surface area contributed by atoms with E-state index in [0.29, 0.717) is 17.0 Å². The van der Waals surface area contributed by atoms with Gasteiger partial charge in [-0.15, -0.1) is 0 Å². The third kappa shape index (κ3) is 4.58. The van der Waals surface area contributed by atoms with E-state index in [1.165, 1.54) is 12.4 Å². The molecule has 4 heterocycles. The molecule has 0 bridgehead atoms. The van der Waals surface area contributed by atoms with E-state index in [0.717, 1.165) is 17.7 Å². The number of fused-ring (bicyclic) bond motifs is 1. The van der Waals surface area contributed by atoms with E-state index in [9.17, 15) is 18.0 Å². The van der Waals surface area contributed by atoms with Crippen molar-refractivity contribution in [1.82, 2.24) is 35.4 Å². The molecule has 2 N–H and O–H groups in total. The Morgan fingerprint density at radius 3 is 2.63 bits per heavy atom. The molecule has 0 aliphatic carbocycles. The van der Waals surface area contributed by atoms with Crippen molar-refractivity contribution in [1.29, 1.82) is 0 Å². The van der Waals surface area contributed by atoms with Gasteiger partial charge in [-0.2, -0.15) is 13.2 Å². The second kappa shape index (κ2) is 8.63. The Bertz CT molecular complexity index is 1510. The van der Waals surface area contributed by atoms with Gasteiger partial charge in [-0.05, 0) is 43.3 Å². The van der Waals surface area contributed by atoms with Crippen LogP contribution in [0.5, 0.6) is 0 Å². The average Bonchev–Trinajstić information content (AvgIpc) is 3.51. The standard InChI is InChI=1S/C23H16F3N7O2/c1-12(30-22(34)19-9-16(28-11-29-19)13-4-6-27-7-5-13)20-10-18(33-35-20)21-31-15-3-2-14(23(24,25)26)8-17(15)32-21/h2-12H,1H3,(H,30,34)(H,31,32). The maximum absolute atomic E-state index is 13.0. The number of hydrogen-bond donors (Lipinski definition) is 2. The molecule has 1 unspecified atom stereocenters. The zero-order chi connectivity index (χ0) is 24.6. The van der Waals surface area contributed by atoms with Crippen molar-refractivity contribution >= 4 is 16.9 Å². The monoisotopic (exact) mass is 479 g/mol. The molecule has 0 aliphatic rings. The van der Waals surface area contributed by atoms with Crippen molar-refractivity contribution in [2.75, 3.05) is 0 Å². The Hall–Kier alpha value is -4.61. The highest BCUT2D eigenvalue weighted by molar-refractivity contribution is 5.93. The van der Waals surface area contributed by atoms with Crippen LogP contribution in [0.3, 0.4) is 0 Å². The molecule has 0 fully saturated rings. The summed E-state index contributed by atoms with van der Waals surface area (Å²) in [6.07, 6.45) is 0.0839. The smallest absolute Gasteiger partial charge is 0.358 e. The van der Waals surface area contributed by atoms with E-state index >= 15 is 0 Å². The van der Waals surface area contributed by atoms with Crippen LogP contribution in [0.25, 0.3) is 33.8 Å². The fourth-order valence-corrected chi connectivity index (χ4v) is 3.42. The molecule has 0 aliphatic heterocycles. The van der Waals surface area contributed by atoms with Gasteiger partial charge in [0, 0.05) is 24.0 Å². The van der Waals surface area contributed by atoms with Gasteiger partial charge in [-0.25, -0.2) is 15.0 Å². The molecule has 176 valence electrons. The van der Waals surface area contributed by atoms with Gasteiger partial charge in [-0.3, -0.25) is 9.78 Å². The van der Waals surface area contributed by atoms with E-state index in [1.54, 1.807) is 43.6 Å². The molecule has 4 aromatic heterocycles. The number of carbonyl (C=O) groups is 1. The van der Waals surface area contributed by atoms with E-state index in [2.05, 4.69) is 35.4 Å². The number of H-pyrrole nitrogens is 1. The number of pyridine rings is 1. The number of amides is 1. The summed E-state index contributed by atoms with van der Waals surface area (Å²) in [5.74, 6) is 0.121. The number of benzene rings is 1. The first-order valence-corrected chi connectivity index (χ1v) is 10.4. The van der Waals surface area contributed by atoms with Crippen LogP contribution >= 0.6 is 0 Å². The number of carbonyl (C=O) groups excluding carboxylic acids is 1. The first kappa shape index (κ1) is 22.2. The summed E-state index contributed by atoms with van der Waals surface area (Å²) in [4.78, 5) is 32.0. The number of rotatable bonds is 5. The normalized spacial score (nSPS) is 12.6. The number of aromatic nitrogens is 6. The highest BCUT2D eigenvalue weighted by Gasteiger charge is 2.31. The molecule has 9 nitrogen and oxygen atoms in total. The first-order chi connectivity index (χ1) is 16.8. The predicted molar refractivity (Wildman–Crippen MR) is 118 cm³/mol. The van der Waals surface area contributed by atoms with Crippen LogP contribution in [0.15, 0.2) is 65.7 Å². The topological polar surface area (TPSA) is 122 Å². The van der Waals surface area contributed by atoms with Gasteiger partial charge in [0.1, 0.15) is 17.7 Å². The molecule has 1 amide bonds. The number of imidazole rings is 1. The maximum atomic E-state index is 13.0. The highest BCUT2D eigenvalue weighted by atomic mass is 19.4. The molecule has 35 heavy (non-hydrogen) atoms. The van der Waals surface area contributed by atoms with Crippen LogP contribution in [-0.4, -0.2) is 36.0 Å². The fourth-order valence-electron chi connectivity index (χ4n) is 3.42. The molecule has 1 atom stereocenters. The molecule has 0 spiro atoms. The minimum absolute atomic E-state index is 0.163. The molecule has 0 radical (unpaired) electrons. The van der Waals surface area contributed by atoms with Gasteiger partial charge in [-0.1, -0.05) is 5.16 Å². The van der Waals surface area contributed by atoms with E-state index in [1.807, 2.05) is 0 Å². The van der Waals surface area contributed by atoms with Crippen LogP contribution in [0.4, 0.5) is 13.2 Å². The average molecular weight is 479 g/mol. The second-order valence-electron chi connectivity index (χ2n) is 7.65. The minimum Gasteiger partial charge on any atom is -0.358 e. The highest BCUT2D eigenvalue weighted by Crippen LogP contribution is 2.32. The summed E-state index contributed by atoms with van der Waals surface area (Å²) < 4.78 is 44.2. The Morgan fingerprint density at radius 2 is 1.86 bits per heavy atom. The third-order valence-electron chi connectivity index (χ3n) is 5.23. The quantitative estimate of drug-likeness (QED) is 0.378. The summed E-state index contributed by atoms with van der Waals surface area (Å²) in [5.41, 5.74) is 1.60. The van der Waals surface area contributed by atoms with Crippen LogP contribution in [0.2, 0.25) is 0 Å². The summed E-state index contributed by atoms with van der Waals surface area (Å²) >= 11 is 0. The first-order valence-electron chi connectivity index (χ1n) is 10.4. The van der Waals surface area contributed by atoms with E-state index < -0.39 is 23.7 Å². The molecule has 5 rings (SSSR count). The maximum Gasteiger partial charge on any atom is 0.416 e. The molecule has 12 heteroatoms. The lowest BCUT2D eigenvalue weighted by molar-refractivity contribution is -0.137. The van der Waals surface area contributed by atoms with Gasteiger partial charge < -0.3 is 14.8 Å².